The Kier molecular flexibility index (Phi) is 7.19. The summed E-state index contributed by atoms with van der Waals surface area (Å²) in [6.07, 6.45) is 3.64. The highest BCUT2D eigenvalue weighted by molar-refractivity contribution is 7.18. The molecule has 0 bridgehead atoms. The van der Waals surface area contributed by atoms with Crippen LogP contribution in [0.1, 0.15) is 50.5 Å². The van der Waals surface area contributed by atoms with E-state index in [2.05, 4.69) is 10.6 Å². The highest BCUT2D eigenvalue weighted by atomic mass is 32.1. The fourth-order valence-corrected chi connectivity index (χ4v) is 4.77. The minimum absolute atomic E-state index is 0.00275. The molecule has 1 aromatic carbocycles. The number of ether oxygens (including phenoxy) is 1. The van der Waals surface area contributed by atoms with E-state index in [1.807, 2.05) is 38.1 Å². The number of esters is 1. The topological polar surface area (TPSA) is 97.4 Å². The number of thiazole rings is 1. The molecule has 1 fully saturated rings. The molecule has 8 heteroatoms. The van der Waals surface area contributed by atoms with Gasteiger partial charge in [-0.25, -0.2) is 4.98 Å². The molecule has 7 nitrogen and oxygen atoms in total. The minimum Gasteiger partial charge on any atom is -0.455 e. The monoisotopic (exact) mass is 417 g/mol. The molecule has 0 unspecified atom stereocenters. The third-order valence-electron chi connectivity index (χ3n) is 4.94. The zero-order chi connectivity index (χ0) is 20.8. The number of aromatic nitrogens is 1. The molecule has 29 heavy (non-hydrogen) atoms. The minimum atomic E-state index is -0.482. The quantitative estimate of drug-likeness (QED) is 0.675. The summed E-state index contributed by atoms with van der Waals surface area (Å²) in [5, 5.41) is 6.11. The van der Waals surface area contributed by atoms with Gasteiger partial charge in [-0.15, -0.1) is 11.3 Å². The van der Waals surface area contributed by atoms with Crippen LogP contribution in [-0.4, -0.2) is 42.0 Å². The zero-order valence-electron chi connectivity index (χ0n) is 16.8. The number of nitrogens with one attached hydrogen (secondary N) is 2. The van der Waals surface area contributed by atoms with Crippen LogP contribution in [0.4, 0.5) is 0 Å². The number of hydrogen-bond acceptors (Lipinski definition) is 6. The van der Waals surface area contributed by atoms with E-state index >= 15 is 0 Å². The molecule has 3 rings (SSSR count). The van der Waals surface area contributed by atoms with Gasteiger partial charge in [0, 0.05) is 12.0 Å². The first-order valence-corrected chi connectivity index (χ1v) is 10.8. The zero-order valence-corrected chi connectivity index (χ0v) is 17.6. The molecule has 2 amide bonds. The van der Waals surface area contributed by atoms with E-state index < -0.39 is 5.91 Å². The number of carbonyl (C=O) groups is 3. The Morgan fingerprint density at radius 2 is 1.93 bits per heavy atom. The van der Waals surface area contributed by atoms with Gasteiger partial charge in [0.1, 0.15) is 0 Å². The molecule has 0 saturated heterocycles. The van der Waals surface area contributed by atoms with E-state index in [0.29, 0.717) is 0 Å². The first-order valence-electron chi connectivity index (χ1n) is 10.0. The SMILES string of the molecule is CC(C)NC(=O)CNC(=O)COC(=O)[C@H]1CCCC[C@@H]1c1nc2ccccc2s1. The first kappa shape index (κ1) is 21.2. The molecule has 2 atom stereocenters. The molecule has 1 saturated carbocycles. The second kappa shape index (κ2) is 9.82. The summed E-state index contributed by atoms with van der Waals surface area (Å²) in [4.78, 5) is 40.9. The lowest BCUT2D eigenvalue weighted by molar-refractivity contribution is -0.154. The van der Waals surface area contributed by atoms with Crippen LogP contribution in [0.15, 0.2) is 24.3 Å². The van der Waals surface area contributed by atoms with Crippen LogP contribution in [-0.2, 0) is 19.1 Å². The number of nitrogens with zero attached hydrogens (tertiary/aromatic N) is 1. The number of para-hydroxylation sites is 1. The molecular formula is C21H27N3O4S. The van der Waals surface area contributed by atoms with Gasteiger partial charge in [-0.05, 0) is 38.8 Å². The van der Waals surface area contributed by atoms with Gasteiger partial charge in [0.2, 0.25) is 5.91 Å². The maximum absolute atomic E-state index is 12.7. The van der Waals surface area contributed by atoms with Crippen molar-refractivity contribution >= 4 is 39.3 Å². The van der Waals surface area contributed by atoms with E-state index in [1.165, 1.54) is 0 Å². The van der Waals surface area contributed by atoms with Crippen molar-refractivity contribution in [3.05, 3.63) is 29.3 Å². The third kappa shape index (κ3) is 5.76. The summed E-state index contributed by atoms with van der Waals surface area (Å²) in [6, 6.07) is 7.95. The van der Waals surface area contributed by atoms with Gasteiger partial charge < -0.3 is 15.4 Å². The van der Waals surface area contributed by atoms with Crippen molar-refractivity contribution in [2.45, 2.75) is 51.5 Å². The average molecular weight is 418 g/mol. The van der Waals surface area contributed by atoms with Crippen molar-refractivity contribution < 1.29 is 19.1 Å². The lowest BCUT2D eigenvalue weighted by Crippen LogP contribution is -2.41. The predicted molar refractivity (Wildman–Crippen MR) is 112 cm³/mol. The molecule has 1 aliphatic rings. The maximum atomic E-state index is 12.7. The summed E-state index contributed by atoms with van der Waals surface area (Å²) < 4.78 is 6.39. The molecule has 0 radical (unpaired) electrons. The third-order valence-corrected chi connectivity index (χ3v) is 6.11. The van der Waals surface area contributed by atoms with Gasteiger partial charge in [0.25, 0.3) is 5.91 Å². The normalized spacial score (nSPS) is 19.1. The van der Waals surface area contributed by atoms with Crippen LogP contribution >= 0.6 is 11.3 Å². The fourth-order valence-electron chi connectivity index (χ4n) is 3.60. The Morgan fingerprint density at radius 3 is 2.69 bits per heavy atom. The summed E-state index contributed by atoms with van der Waals surface area (Å²) in [6.45, 7) is 3.17. The van der Waals surface area contributed by atoms with Crippen LogP contribution in [0.3, 0.4) is 0 Å². The number of rotatable bonds is 7. The number of amides is 2. The number of hydrogen-bond donors (Lipinski definition) is 2. The predicted octanol–water partition coefficient (Wildman–Crippen LogP) is 2.75. The van der Waals surface area contributed by atoms with Crippen molar-refractivity contribution in [3.8, 4) is 0 Å². The molecule has 1 aromatic heterocycles. The summed E-state index contributed by atoms with van der Waals surface area (Å²) in [5.41, 5.74) is 0.948. The fraction of sp³-hybridized carbons (Fsp3) is 0.524. The van der Waals surface area contributed by atoms with Gasteiger partial charge in [-0.3, -0.25) is 14.4 Å². The van der Waals surface area contributed by atoms with Gasteiger partial charge in [-0.1, -0.05) is 25.0 Å². The molecule has 0 spiro atoms. The van der Waals surface area contributed by atoms with Crippen LogP contribution in [0.2, 0.25) is 0 Å². The number of benzene rings is 1. The molecular weight excluding hydrogens is 390 g/mol. The van der Waals surface area contributed by atoms with Crippen molar-refractivity contribution in [1.29, 1.82) is 0 Å². The Labute approximate surface area is 174 Å². The Bertz CT molecular complexity index is 847. The van der Waals surface area contributed by atoms with Gasteiger partial charge >= 0.3 is 5.97 Å². The molecule has 156 valence electrons. The van der Waals surface area contributed by atoms with Gasteiger partial charge in [-0.2, -0.15) is 0 Å². The van der Waals surface area contributed by atoms with E-state index in [0.717, 1.165) is 40.9 Å². The second-order valence-corrected chi connectivity index (χ2v) is 8.69. The van der Waals surface area contributed by atoms with Crippen LogP contribution < -0.4 is 10.6 Å². The summed E-state index contributed by atoms with van der Waals surface area (Å²) >= 11 is 1.62. The lowest BCUT2D eigenvalue weighted by Gasteiger charge is -2.28. The first-order chi connectivity index (χ1) is 13.9. The van der Waals surface area contributed by atoms with Crippen molar-refractivity contribution in [1.82, 2.24) is 15.6 Å². The van der Waals surface area contributed by atoms with Crippen molar-refractivity contribution in [2.24, 2.45) is 5.92 Å². The standard InChI is InChI=1S/C21H27N3O4S/c1-13(2)23-18(25)11-22-19(26)12-28-21(27)15-8-4-3-7-14(15)20-24-16-9-5-6-10-17(16)29-20/h5-6,9-10,13-15H,3-4,7-8,11-12H2,1-2H3,(H,22,26)(H,23,25)/t14-,15-/m0/s1. The largest absolute Gasteiger partial charge is 0.455 e. The van der Waals surface area contributed by atoms with E-state index in [9.17, 15) is 14.4 Å². The number of fused-ring (bicyclic) bond motifs is 1. The second-order valence-electron chi connectivity index (χ2n) is 7.62. The van der Waals surface area contributed by atoms with E-state index in [4.69, 9.17) is 9.72 Å². The molecule has 1 aliphatic carbocycles. The van der Waals surface area contributed by atoms with Crippen molar-refractivity contribution in [2.75, 3.05) is 13.2 Å². The molecule has 2 aromatic rings. The highest BCUT2D eigenvalue weighted by Crippen LogP contribution is 2.41. The van der Waals surface area contributed by atoms with Gasteiger partial charge in [0.15, 0.2) is 6.61 Å². The van der Waals surface area contributed by atoms with Crippen LogP contribution in [0.25, 0.3) is 10.2 Å². The maximum Gasteiger partial charge on any atom is 0.310 e. The smallest absolute Gasteiger partial charge is 0.310 e. The van der Waals surface area contributed by atoms with E-state index in [1.54, 1.807) is 11.3 Å². The molecule has 2 N–H and O–H groups in total. The molecule has 0 aliphatic heterocycles. The Balaban J connectivity index is 1.55. The molecule has 1 heterocycles. The summed E-state index contributed by atoms with van der Waals surface area (Å²) in [7, 11) is 0. The average Bonchev–Trinajstić information content (AvgIpc) is 3.14. The summed E-state index contributed by atoms with van der Waals surface area (Å²) in [5.74, 6) is -1.39. The lowest BCUT2D eigenvalue weighted by atomic mass is 9.79. The Morgan fingerprint density at radius 1 is 1.17 bits per heavy atom. The highest BCUT2D eigenvalue weighted by Gasteiger charge is 2.35. The van der Waals surface area contributed by atoms with Crippen LogP contribution in [0, 0.1) is 5.92 Å². The number of carbonyl (C=O) groups excluding carboxylic acids is 3. The van der Waals surface area contributed by atoms with E-state index in [-0.39, 0.29) is 42.9 Å². The van der Waals surface area contributed by atoms with Crippen molar-refractivity contribution in [3.63, 3.8) is 0 Å². The van der Waals surface area contributed by atoms with Gasteiger partial charge in [0.05, 0.1) is 27.7 Å². The Hall–Kier alpha value is -2.48. The van der Waals surface area contributed by atoms with Crippen LogP contribution in [0.5, 0.6) is 0 Å².